The number of thiazole rings is 1. The zero-order chi connectivity index (χ0) is 17.6. The van der Waals surface area contributed by atoms with Gasteiger partial charge in [0.05, 0.1) is 18.5 Å². The van der Waals surface area contributed by atoms with Gasteiger partial charge in [0.1, 0.15) is 4.90 Å². The molecule has 0 amide bonds. The van der Waals surface area contributed by atoms with Crippen LogP contribution >= 0.6 is 11.3 Å². The Hall–Kier alpha value is -1.77. The second-order valence-electron chi connectivity index (χ2n) is 6.52. The van der Waals surface area contributed by atoms with Crippen molar-refractivity contribution >= 4 is 27.4 Å². The minimum Gasteiger partial charge on any atom is -0.480 e. The van der Waals surface area contributed by atoms with Crippen LogP contribution < -0.4 is 4.74 Å². The highest BCUT2D eigenvalue weighted by atomic mass is 32.2. The second kappa shape index (κ2) is 5.94. The summed E-state index contributed by atoms with van der Waals surface area (Å²) in [6.45, 7) is 8.40. The van der Waals surface area contributed by atoms with E-state index in [-0.39, 0.29) is 16.2 Å². The van der Waals surface area contributed by atoms with Crippen molar-refractivity contribution in [1.82, 2.24) is 14.4 Å². The molecule has 0 aliphatic carbocycles. The molecule has 3 aromatic rings. The van der Waals surface area contributed by atoms with Gasteiger partial charge in [0.25, 0.3) is 0 Å². The van der Waals surface area contributed by atoms with Crippen molar-refractivity contribution in [2.24, 2.45) is 0 Å². The van der Waals surface area contributed by atoms with Crippen molar-refractivity contribution < 1.29 is 13.5 Å². The van der Waals surface area contributed by atoms with E-state index in [1.165, 1.54) is 12.0 Å². The number of aromatic nitrogens is 3. The van der Waals surface area contributed by atoms with Crippen LogP contribution in [-0.2, 0) is 16.5 Å². The first kappa shape index (κ1) is 17.1. The first-order valence-corrected chi connectivity index (χ1v) is 9.29. The van der Waals surface area contributed by atoms with Gasteiger partial charge in [-0.2, -0.15) is 0 Å². The van der Waals surface area contributed by atoms with E-state index in [0.717, 1.165) is 21.9 Å². The summed E-state index contributed by atoms with van der Waals surface area (Å²) in [5.74, 6) is 0.152. The van der Waals surface area contributed by atoms with Gasteiger partial charge in [0.15, 0.2) is 16.0 Å². The third-order valence-corrected chi connectivity index (χ3v) is 5.79. The van der Waals surface area contributed by atoms with E-state index in [9.17, 15) is 8.76 Å². The van der Waals surface area contributed by atoms with Gasteiger partial charge in [0, 0.05) is 22.8 Å². The topological polar surface area (TPSA) is 76.7 Å². The largest absolute Gasteiger partial charge is 0.480 e. The SMILES string of the molecule is COc1ncc(-c2c(C)nc3sc(C(C)(C)C)cn23)cc1S(=O)O. The average Bonchev–Trinajstić information content (AvgIpc) is 3.02. The van der Waals surface area contributed by atoms with E-state index in [1.54, 1.807) is 23.6 Å². The lowest BCUT2D eigenvalue weighted by Gasteiger charge is -2.14. The Bertz CT molecular complexity index is 938. The predicted molar refractivity (Wildman–Crippen MR) is 95.3 cm³/mol. The Morgan fingerprint density at radius 2 is 2.08 bits per heavy atom. The van der Waals surface area contributed by atoms with Gasteiger partial charge in [-0.15, -0.1) is 11.3 Å². The molecule has 0 radical (unpaired) electrons. The van der Waals surface area contributed by atoms with E-state index in [4.69, 9.17) is 4.74 Å². The summed E-state index contributed by atoms with van der Waals surface area (Å²) >= 11 is -0.527. The highest BCUT2D eigenvalue weighted by Gasteiger charge is 2.22. The third kappa shape index (κ3) is 2.85. The molecule has 8 heteroatoms. The van der Waals surface area contributed by atoms with Gasteiger partial charge in [-0.1, -0.05) is 20.8 Å². The summed E-state index contributed by atoms with van der Waals surface area (Å²) in [6, 6.07) is 1.63. The molecule has 0 spiro atoms. The summed E-state index contributed by atoms with van der Waals surface area (Å²) in [5, 5.41) is 0. The third-order valence-electron chi connectivity index (χ3n) is 3.71. The number of hydrogen-bond acceptors (Lipinski definition) is 5. The lowest BCUT2D eigenvalue weighted by atomic mass is 9.95. The molecule has 3 rings (SSSR count). The fourth-order valence-corrected chi connectivity index (χ4v) is 4.09. The zero-order valence-corrected chi connectivity index (χ0v) is 15.8. The summed E-state index contributed by atoms with van der Waals surface area (Å²) in [4.78, 5) is 11.1. The Labute approximate surface area is 146 Å². The molecule has 24 heavy (non-hydrogen) atoms. The van der Waals surface area contributed by atoms with Gasteiger partial charge >= 0.3 is 0 Å². The number of hydrogen-bond donors (Lipinski definition) is 1. The highest BCUT2D eigenvalue weighted by Crippen LogP contribution is 2.35. The number of nitrogens with zero attached hydrogens (tertiary/aromatic N) is 3. The Balaban J connectivity index is 2.22. The molecule has 0 aliphatic rings. The number of ether oxygens (including phenoxy) is 1. The van der Waals surface area contributed by atoms with E-state index in [0.29, 0.717) is 0 Å². The molecular weight excluding hydrogens is 346 g/mol. The molecule has 128 valence electrons. The molecule has 1 unspecified atom stereocenters. The van der Waals surface area contributed by atoms with E-state index < -0.39 is 11.1 Å². The molecule has 1 N–H and O–H groups in total. The van der Waals surface area contributed by atoms with Crippen molar-refractivity contribution in [2.75, 3.05) is 7.11 Å². The molecule has 0 saturated heterocycles. The van der Waals surface area contributed by atoms with Crippen LogP contribution in [0.3, 0.4) is 0 Å². The van der Waals surface area contributed by atoms with Crippen molar-refractivity contribution in [3.63, 3.8) is 0 Å². The molecule has 1 atom stereocenters. The molecule has 0 aliphatic heterocycles. The molecule has 6 nitrogen and oxygen atoms in total. The molecule has 0 aromatic carbocycles. The van der Waals surface area contributed by atoms with Gasteiger partial charge in [-0.05, 0) is 18.4 Å². The maximum atomic E-state index is 11.6. The maximum Gasteiger partial charge on any atom is 0.232 e. The fourth-order valence-electron chi connectivity index (χ4n) is 2.49. The lowest BCUT2D eigenvalue weighted by Crippen LogP contribution is -2.08. The van der Waals surface area contributed by atoms with Crippen LogP contribution in [0.2, 0.25) is 0 Å². The predicted octanol–water partition coefficient (Wildman–Crippen LogP) is 3.65. The molecule has 3 aromatic heterocycles. The Morgan fingerprint density at radius 3 is 2.67 bits per heavy atom. The van der Waals surface area contributed by atoms with Crippen LogP contribution in [0.25, 0.3) is 16.2 Å². The van der Waals surface area contributed by atoms with Crippen LogP contribution in [0.1, 0.15) is 31.3 Å². The first-order chi connectivity index (χ1) is 11.2. The average molecular weight is 365 g/mol. The van der Waals surface area contributed by atoms with Crippen LogP contribution in [0, 0.1) is 6.92 Å². The number of pyridine rings is 1. The number of rotatable bonds is 3. The number of imidazole rings is 1. The molecular formula is C16H19N3O3S2. The normalized spacial score (nSPS) is 13.4. The number of aryl methyl sites for hydroxylation is 1. The van der Waals surface area contributed by atoms with Crippen molar-refractivity contribution in [3.05, 3.63) is 29.0 Å². The van der Waals surface area contributed by atoms with Gasteiger partial charge in [0.2, 0.25) is 5.88 Å². The van der Waals surface area contributed by atoms with Crippen LogP contribution in [0.4, 0.5) is 0 Å². The highest BCUT2D eigenvalue weighted by molar-refractivity contribution is 7.79. The molecule has 3 heterocycles. The van der Waals surface area contributed by atoms with Crippen molar-refractivity contribution in [2.45, 2.75) is 38.0 Å². The van der Waals surface area contributed by atoms with Crippen molar-refractivity contribution in [3.8, 4) is 17.1 Å². The van der Waals surface area contributed by atoms with E-state index in [2.05, 4.69) is 36.9 Å². The standard InChI is InChI=1S/C16H19N3O3S2/c1-9-13(10-6-11(24(20)21)14(22-5)17-7-10)19-8-12(16(2,3)4)23-15(19)18-9/h6-8H,1-5H3,(H,20,21). The van der Waals surface area contributed by atoms with Crippen LogP contribution in [0.5, 0.6) is 5.88 Å². The number of methoxy groups -OCH3 is 1. The van der Waals surface area contributed by atoms with Gasteiger partial charge in [-0.3, -0.25) is 4.40 Å². The first-order valence-electron chi connectivity index (χ1n) is 7.36. The quantitative estimate of drug-likeness (QED) is 0.717. The van der Waals surface area contributed by atoms with Gasteiger partial charge in [-0.25, -0.2) is 14.2 Å². The maximum absolute atomic E-state index is 11.6. The summed E-state index contributed by atoms with van der Waals surface area (Å²) in [5.41, 5.74) is 2.49. The smallest absolute Gasteiger partial charge is 0.232 e. The van der Waals surface area contributed by atoms with Gasteiger partial charge < -0.3 is 9.29 Å². The zero-order valence-electron chi connectivity index (χ0n) is 14.2. The molecule has 0 saturated carbocycles. The molecule has 0 fully saturated rings. The van der Waals surface area contributed by atoms with Crippen LogP contribution in [-0.4, -0.2) is 30.2 Å². The fraction of sp³-hybridized carbons (Fsp3) is 0.375. The Morgan fingerprint density at radius 1 is 1.38 bits per heavy atom. The summed E-state index contributed by atoms with van der Waals surface area (Å²) in [6.07, 6.45) is 3.72. The molecule has 0 bridgehead atoms. The lowest BCUT2D eigenvalue weighted by molar-refractivity contribution is 0.384. The summed E-state index contributed by atoms with van der Waals surface area (Å²) in [7, 11) is 1.43. The summed E-state index contributed by atoms with van der Waals surface area (Å²) < 4.78 is 28.1. The monoisotopic (exact) mass is 365 g/mol. The number of fused-ring (bicyclic) bond motifs is 1. The van der Waals surface area contributed by atoms with Crippen LogP contribution in [0.15, 0.2) is 23.4 Å². The minimum absolute atomic E-state index is 0.0342. The van der Waals surface area contributed by atoms with E-state index in [1.807, 2.05) is 11.3 Å². The second-order valence-corrected chi connectivity index (χ2v) is 8.47. The minimum atomic E-state index is -2.18. The van der Waals surface area contributed by atoms with Crippen molar-refractivity contribution in [1.29, 1.82) is 0 Å². The van der Waals surface area contributed by atoms with E-state index >= 15 is 0 Å². The Kier molecular flexibility index (Phi) is 4.23.